The molecule has 0 aliphatic carbocycles. The Morgan fingerprint density at radius 1 is 1.27 bits per heavy atom. The van der Waals surface area contributed by atoms with Crippen LogP contribution in [0.1, 0.15) is 0 Å². The number of nitrogen functional groups attached to an aromatic ring is 1. The summed E-state index contributed by atoms with van der Waals surface area (Å²) >= 11 is 5.76. The molecule has 0 fully saturated rings. The van der Waals surface area contributed by atoms with Gasteiger partial charge in [0.1, 0.15) is 5.82 Å². The summed E-state index contributed by atoms with van der Waals surface area (Å²) in [6.45, 7) is 0. The van der Waals surface area contributed by atoms with E-state index in [0.29, 0.717) is 16.9 Å². The molecule has 0 saturated carbocycles. The minimum absolute atomic E-state index is 0.177. The SMILES string of the molecule is Nc1c(Cl)cc(F)cc1-c1cnccn1. The van der Waals surface area contributed by atoms with Gasteiger partial charge in [-0.2, -0.15) is 0 Å². The third-order valence-corrected chi connectivity index (χ3v) is 2.25. The highest BCUT2D eigenvalue weighted by atomic mass is 35.5. The molecule has 5 heteroatoms. The summed E-state index contributed by atoms with van der Waals surface area (Å²) < 4.78 is 13.1. The van der Waals surface area contributed by atoms with E-state index in [2.05, 4.69) is 9.97 Å². The lowest BCUT2D eigenvalue weighted by molar-refractivity contribution is 0.628. The molecule has 0 unspecified atom stereocenters. The number of nitrogens with two attached hydrogens (primary N) is 1. The molecule has 2 N–H and O–H groups in total. The van der Waals surface area contributed by atoms with Gasteiger partial charge in [-0.05, 0) is 12.1 Å². The van der Waals surface area contributed by atoms with Crippen molar-refractivity contribution in [3.8, 4) is 11.3 Å². The zero-order chi connectivity index (χ0) is 10.8. The molecule has 0 bridgehead atoms. The molecular formula is C10H7ClFN3. The fourth-order valence-electron chi connectivity index (χ4n) is 1.23. The first kappa shape index (κ1) is 9.86. The lowest BCUT2D eigenvalue weighted by atomic mass is 10.1. The monoisotopic (exact) mass is 223 g/mol. The van der Waals surface area contributed by atoms with Gasteiger partial charge in [0.05, 0.1) is 22.6 Å². The molecule has 1 heterocycles. The van der Waals surface area contributed by atoms with Crippen LogP contribution in [-0.2, 0) is 0 Å². The van der Waals surface area contributed by atoms with Gasteiger partial charge in [0.15, 0.2) is 0 Å². The maximum atomic E-state index is 13.1. The van der Waals surface area contributed by atoms with Gasteiger partial charge in [-0.3, -0.25) is 9.97 Å². The largest absolute Gasteiger partial charge is 0.397 e. The average Bonchev–Trinajstić information content (AvgIpc) is 2.24. The van der Waals surface area contributed by atoms with Crippen LogP contribution in [-0.4, -0.2) is 9.97 Å². The molecule has 0 aliphatic heterocycles. The summed E-state index contributed by atoms with van der Waals surface area (Å²) in [5.74, 6) is -0.449. The van der Waals surface area contributed by atoms with Crippen molar-refractivity contribution in [1.82, 2.24) is 9.97 Å². The number of halogens is 2. The maximum Gasteiger partial charge on any atom is 0.125 e. The number of aromatic nitrogens is 2. The number of rotatable bonds is 1. The van der Waals surface area contributed by atoms with Crippen molar-refractivity contribution in [2.45, 2.75) is 0 Å². The van der Waals surface area contributed by atoms with Gasteiger partial charge >= 0.3 is 0 Å². The Morgan fingerprint density at radius 2 is 2.07 bits per heavy atom. The van der Waals surface area contributed by atoms with Gasteiger partial charge in [0.2, 0.25) is 0 Å². The third kappa shape index (κ3) is 1.89. The highest BCUT2D eigenvalue weighted by Crippen LogP contribution is 2.30. The molecule has 15 heavy (non-hydrogen) atoms. The lowest BCUT2D eigenvalue weighted by Crippen LogP contribution is -1.94. The van der Waals surface area contributed by atoms with Crippen LogP contribution in [0, 0.1) is 5.82 Å². The Bertz CT molecular complexity index is 488. The Morgan fingerprint density at radius 3 is 2.73 bits per heavy atom. The lowest BCUT2D eigenvalue weighted by Gasteiger charge is -2.06. The van der Waals surface area contributed by atoms with Crippen molar-refractivity contribution in [3.05, 3.63) is 41.6 Å². The smallest absolute Gasteiger partial charge is 0.125 e. The van der Waals surface area contributed by atoms with Gasteiger partial charge in [0, 0.05) is 18.0 Å². The van der Waals surface area contributed by atoms with Crippen molar-refractivity contribution in [1.29, 1.82) is 0 Å². The molecule has 1 aromatic heterocycles. The molecular weight excluding hydrogens is 217 g/mol. The van der Waals surface area contributed by atoms with Crippen LogP contribution in [0.3, 0.4) is 0 Å². The molecule has 76 valence electrons. The Kier molecular flexibility index (Phi) is 2.51. The Balaban J connectivity index is 2.63. The Labute approximate surface area is 90.7 Å². The third-order valence-electron chi connectivity index (χ3n) is 1.93. The molecule has 0 spiro atoms. The van der Waals surface area contributed by atoms with Crippen molar-refractivity contribution in [3.63, 3.8) is 0 Å². The summed E-state index contributed by atoms with van der Waals surface area (Å²) in [7, 11) is 0. The summed E-state index contributed by atoms with van der Waals surface area (Å²) in [4.78, 5) is 7.90. The highest BCUT2D eigenvalue weighted by Gasteiger charge is 2.09. The number of hydrogen-bond acceptors (Lipinski definition) is 3. The second kappa shape index (κ2) is 3.82. The van der Waals surface area contributed by atoms with Crippen LogP contribution >= 0.6 is 11.6 Å². The molecule has 0 atom stereocenters. The van der Waals surface area contributed by atoms with E-state index in [0.717, 1.165) is 6.07 Å². The molecule has 0 saturated heterocycles. The van der Waals surface area contributed by atoms with Crippen molar-refractivity contribution < 1.29 is 4.39 Å². The predicted octanol–water partition coefficient (Wildman–Crippen LogP) is 2.52. The fraction of sp³-hybridized carbons (Fsp3) is 0. The van der Waals surface area contributed by atoms with E-state index in [1.165, 1.54) is 24.7 Å². The maximum absolute atomic E-state index is 13.1. The van der Waals surface area contributed by atoms with E-state index in [-0.39, 0.29) is 5.02 Å². The van der Waals surface area contributed by atoms with Crippen LogP contribution in [0.25, 0.3) is 11.3 Å². The van der Waals surface area contributed by atoms with Gasteiger partial charge in [-0.1, -0.05) is 11.6 Å². The number of anilines is 1. The van der Waals surface area contributed by atoms with Crippen LogP contribution < -0.4 is 5.73 Å². The second-order valence-corrected chi connectivity index (χ2v) is 3.35. The van der Waals surface area contributed by atoms with Gasteiger partial charge in [-0.15, -0.1) is 0 Å². The fourth-order valence-corrected chi connectivity index (χ4v) is 1.44. The highest BCUT2D eigenvalue weighted by molar-refractivity contribution is 6.33. The first-order chi connectivity index (χ1) is 7.18. The van der Waals surface area contributed by atoms with Crippen LogP contribution in [0.15, 0.2) is 30.7 Å². The van der Waals surface area contributed by atoms with Crippen LogP contribution in [0.2, 0.25) is 5.02 Å². The number of hydrogen-bond donors (Lipinski definition) is 1. The molecule has 1 aromatic carbocycles. The number of benzene rings is 1. The Hall–Kier alpha value is -1.68. The summed E-state index contributed by atoms with van der Waals surface area (Å²) in [6, 6.07) is 2.45. The van der Waals surface area contributed by atoms with Crippen molar-refractivity contribution in [2.24, 2.45) is 0 Å². The predicted molar refractivity (Wildman–Crippen MR) is 56.8 cm³/mol. The normalized spacial score (nSPS) is 10.3. The minimum Gasteiger partial charge on any atom is -0.397 e. The minimum atomic E-state index is -0.449. The van der Waals surface area contributed by atoms with E-state index in [9.17, 15) is 4.39 Å². The van der Waals surface area contributed by atoms with E-state index < -0.39 is 5.82 Å². The molecule has 0 amide bonds. The summed E-state index contributed by atoms with van der Waals surface area (Å²) in [6.07, 6.45) is 4.54. The van der Waals surface area contributed by atoms with Crippen LogP contribution in [0.4, 0.5) is 10.1 Å². The first-order valence-electron chi connectivity index (χ1n) is 4.19. The quantitative estimate of drug-likeness (QED) is 0.756. The zero-order valence-electron chi connectivity index (χ0n) is 7.61. The van der Waals surface area contributed by atoms with E-state index in [1.54, 1.807) is 0 Å². The molecule has 2 aromatic rings. The summed E-state index contributed by atoms with van der Waals surface area (Å²) in [5, 5.41) is 0.177. The van der Waals surface area contributed by atoms with Gasteiger partial charge in [0.25, 0.3) is 0 Å². The molecule has 3 nitrogen and oxygen atoms in total. The second-order valence-electron chi connectivity index (χ2n) is 2.94. The summed E-state index contributed by atoms with van der Waals surface area (Å²) in [5.41, 5.74) is 6.97. The van der Waals surface area contributed by atoms with Crippen molar-refractivity contribution in [2.75, 3.05) is 5.73 Å². The van der Waals surface area contributed by atoms with E-state index in [4.69, 9.17) is 17.3 Å². The van der Waals surface area contributed by atoms with E-state index >= 15 is 0 Å². The molecule has 0 radical (unpaired) electrons. The zero-order valence-corrected chi connectivity index (χ0v) is 8.37. The average molecular weight is 224 g/mol. The topological polar surface area (TPSA) is 51.8 Å². The number of nitrogens with zero attached hydrogens (tertiary/aromatic N) is 2. The van der Waals surface area contributed by atoms with Gasteiger partial charge < -0.3 is 5.73 Å². The van der Waals surface area contributed by atoms with E-state index in [1.807, 2.05) is 0 Å². The van der Waals surface area contributed by atoms with Crippen molar-refractivity contribution >= 4 is 17.3 Å². The molecule has 0 aliphatic rings. The first-order valence-corrected chi connectivity index (χ1v) is 4.57. The standard InChI is InChI=1S/C10H7ClFN3/c11-8-4-6(12)3-7(10(8)13)9-5-14-1-2-15-9/h1-5H,13H2. The van der Waals surface area contributed by atoms with Gasteiger partial charge in [-0.25, -0.2) is 4.39 Å². The van der Waals surface area contributed by atoms with Crippen LogP contribution in [0.5, 0.6) is 0 Å². The molecule has 2 rings (SSSR count).